The summed E-state index contributed by atoms with van der Waals surface area (Å²) in [7, 11) is 0. The van der Waals surface area contributed by atoms with Gasteiger partial charge in [0.15, 0.2) is 6.61 Å². The Hall–Kier alpha value is -3.80. The molecule has 2 amide bonds. The number of anilines is 2. The third kappa shape index (κ3) is 6.09. The first-order chi connectivity index (χ1) is 15.0. The van der Waals surface area contributed by atoms with Crippen LogP contribution in [0.1, 0.15) is 28.4 Å². The van der Waals surface area contributed by atoms with Crippen LogP contribution in [-0.4, -0.2) is 25.0 Å². The molecule has 0 heterocycles. The molecule has 0 spiro atoms. The molecule has 0 radical (unpaired) electrons. The smallest absolute Gasteiger partial charge is 0.262 e. The highest BCUT2D eigenvalue weighted by molar-refractivity contribution is 6.05. The zero-order chi connectivity index (χ0) is 22.2. The van der Waals surface area contributed by atoms with E-state index in [9.17, 15) is 9.59 Å². The van der Waals surface area contributed by atoms with Gasteiger partial charge in [-0.3, -0.25) is 9.59 Å². The molecule has 3 aromatic rings. The summed E-state index contributed by atoms with van der Waals surface area (Å²) >= 11 is 0. The second kappa shape index (κ2) is 10.3. The van der Waals surface area contributed by atoms with Crippen LogP contribution >= 0.6 is 0 Å². The van der Waals surface area contributed by atoms with Crippen LogP contribution in [0.5, 0.6) is 11.5 Å². The number of carbonyl (C=O) groups excluding carboxylic acids is 2. The third-order valence-corrected chi connectivity index (χ3v) is 4.58. The lowest BCUT2D eigenvalue weighted by Crippen LogP contribution is -2.20. The topological polar surface area (TPSA) is 76.7 Å². The molecular formula is C25H26N2O4. The van der Waals surface area contributed by atoms with Crippen molar-refractivity contribution in [3.05, 3.63) is 83.4 Å². The van der Waals surface area contributed by atoms with Crippen LogP contribution in [0.4, 0.5) is 11.4 Å². The van der Waals surface area contributed by atoms with E-state index in [-0.39, 0.29) is 18.4 Å². The van der Waals surface area contributed by atoms with Gasteiger partial charge < -0.3 is 20.1 Å². The van der Waals surface area contributed by atoms with E-state index in [0.29, 0.717) is 29.4 Å². The third-order valence-electron chi connectivity index (χ3n) is 4.58. The fourth-order valence-electron chi connectivity index (χ4n) is 3.04. The summed E-state index contributed by atoms with van der Waals surface area (Å²) in [6.45, 7) is 6.22. The lowest BCUT2D eigenvalue weighted by molar-refractivity contribution is -0.118. The Balaban J connectivity index is 1.55. The van der Waals surface area contributed by atoms with Gasteiger partial charge in [0.05, 0.1) is 12.3 Å². The van der Waals surface area contributed by atoms with Gasteiger partial charge in [-0.1, -0.05) is 29.8 Å². The van der Waals surface area contributed by atoms with Crippen LogP contribution in [0.15, 0.2) is 66.7 Å². The highest BCUT2D eigenvalue weighted by Gasteiger charge is 2.11. The standard InChI is InChI=1S/C25H26N2O4/c1-4-30-23-8-6-5-7-22(23)27-25(29)19-10-12-20(13-11-19)31-16-24(28)26-21-14-9-17(2)15-18(21)3/h5-15H,4,16H2,1-3H3,(H,26,28)(H,27,29). The van der Waals surface area contributed by atoms with E-state index < -0.39 is 0 Å². The van der Waals surface area contributed by atoms with Crippen molar-refractivity contribution in [2.45, 2.75) is 20.8 Å². The number of hydrogen-bond donors (Lipinski definition) is 2. The molecule has 0 unspecified atom stereocenters. The van der Waals surface area contributed by atoms with Crippen LogP contribution in [0.25, 0.3) is 0 Å². The monoisotopic (exact) mass is 418 g/mol. The highest BCUT2D eigenvalue weighted by Crippen LogP contribution is 2.24. The Kier molecular flexibility index (Phi) is 7.27. The fourth-order valence-corrected chi connectivity index (χ4v) is 3.04. The quantitative estimate of drug-likeness (QED) is 0.541. The Labute approximate surface area is 182 Å². The first-order valence-corrected chi connectivity index (χ1v) is 10.1. The molecule has 0 saturated carbocycles. The molecule has 160 valence electrons. The summed E-state index contributed by atoms with van der Waals surface area (Å²) in [6.07, 6.45) is 0. The summed E-state index contributed by atoms with van der Waals surface area (Å²) in [5.74, 6) is 0.614. The minimum Gasteiger partial charge on any atom is -0.492 e. The number of benzene rings is 3. The lowest BCUT2D eigenvalue weighted by atomic mass is 10.1. The maximum Gasteiger partial charge on any atom is 0.262 e. The van der Waals surface area contributed by atoms with Crippen molar-refractivity contribution in [3.63, 3.8) is 0 Å². The number of rotatable bonds is 8. The summed E-state index contributed by atoms with van der Waals surface area (Å²) in [5.41, 5.74) is 3.97. The van der Waals surface area contributed by atoms with Gasteiger partial charge in [0.2, 0.25) is 0 Å². The molecule has 31 heavy (non-hydrogen) atoms. The Morgan fingerprint density at radius 3 is 2.29 bits per heavy atom. The number of hydrogen-bond acceptors (Lipinski definition) is 4. The number of carbonyl (C=O) groups is 2. The molecule has 0 aliphatic carbocycles. The largest absolute Gasteiger partial charge is 0.492 e. The molecule has 0 aliphatic heterocycles. The number of amides is 2. The molecule has 0 bridgehead atoms. The van der Waals surface area contributed by atoms with E-state index in [1.165, 1.54) is 0 Å². The van der Waals surface area contributed by atoms with Gasteiger partial charge in [0, 0.05) is 11.3 Å². The van der Waals surface area contributed by atoms with E-state index in [1.807, 2.05) is 51.1 Å². The van der Waals surface area contributed by atoms with Crippen molar-refractivity contribution in [1.82, 2.24) is 0 Å². The zero-order valence-electron chi connectivity index (χ0n) is 17.9. The molecular weight excluding hydrogens is 392 g/mol. The van der Waals surface area contributed by atoms with Crippen LogP contribution in [0.2, 0.25) is 0 Å². The molecule has 0 saturated heterocycles. The average Bonchev–Trinajstić information content (AvgIpc) is 2.76. The predicted molar refractivity (Wildman–Crippen MR) is 122 cm³/mol. The highest BCUT2D eigenvalue weighted by atomic mass is 16.5. The first-order valence-electron chi connectivity index (χ1n) is 10.1. The fraction of sp³-hybridized carbons (Fsp3) is 0.200. The van der Waals surface area contributed by atoms with Crippen LogP contribution in [0.3, 0.4) is 0 Å². The molecule has 6 heteroatoms. The number of ether oxygens (including phenoxy) is 2. The van der Waals surface area contributed by atoms with Gasteiger partial charge in [-0.25, -0.2) is 0 Å². The molecule has 3 aromatic carbocycles. The van der Waals surface area contributed by atoms with Gasteiger partial charge in [0.1, 0.15) is 11.5 Å². The summed E-state index contributed by atoms with van der Waals surface area (Å²) in [6, 6.07) is 19.7. The summed E-state index contributed by atoms with van der Waals surface area (Å²) < 4.78 is 11.1. The first kappa shape index (κ1) is 21.9. The van der Waals surface area contributed by atoms with Crippen molar-refractivity contribution in [2.75, 3.05) is 23.8 Å². The second-order valence-corrected chi connectivity index (χ2v) is 7.06. The minimum atomic E-state index is -0.258. The second-order valence-electron chi connectivity index (χ2n) is 7.06. The van der Waals surface area contributed by atoms with Crippen LogP contribution in [0, 0.1) is 13.8 Å². The Morgan fingerprint density at radius 1 is 0.839 bits per heavy atom. The van der Waals surface area contributed by atoms with Crippen molar-refractivity contribution < 1.29 is 19.1 Å². The predicted octanol–water partition coefficient (Wildman–Crippen LogP) is 4.97. The molecule has 0 aromatic heterocycles. The van der Waals surface area contributed by atoms with Crippen molar-refractivity contribution in [2.24, 2.45) is 0 Å². The molecule has 2 N–H and O–H groups in total. The molecule has 6 nitrogen and oxygen atoms in total. The molecule has 3 rings (SSSR count). The number of nitrogens with one attached hydrogen (secondary N) is 2. The molecule has 0 atom stereocenters. The summed E-state index contributed by atoms with van der Waals surface area (Å²) in [4.78, 5) is 24.7. The van der Waals surface area contributed by atoms with Crippen molar-refractivity contribution in [3.8, 4) is 11.5 Å². The summed E-state index contributed by atoms with van der Waals surface area (Å²) in [5, 5.41) is 5.69. The van der Waals surface area contributed by atoms with Gasteiger partial charge in [-0.15, -0.1) is 0 Å². The van der Waals surface area contributed by atoms with Crippen LogP contribution < -0.4 is 20.1 Å². The van der Waals surface area contributed by atoms with E-state index >= 15 is 0 Å². The van der Waals surface area contributed by atoms with Gasteiger partial charge in [0.25, 0.3) is 11.8 Å². The van der Waals surface area contributed by atoms with Gasteiger partial charge in [-0.05, 0) is 68.8 Å². The minimum absolute atomic E-state index is 0.124. The zero-order valence-corrected chi connectivity index (χ0v) is 17.9. The van der Waals surface area contributed by atoms with Crippen molar-refractivity contribution >= 4 is 23.2 Å². The van der Waals surface area contributed by atoms with Gasteiger partial charge >= 0.3 is 0 Å². The van der Waals surface area contributed by atoms with Crippen molar-refractivity contribution in [1.29, 1.82) is 0 Å². The average molecular weight is 418 g/mol. The molecule has 0 aliphatic rings. The maximum absolute atomic E-state index is 12.5. The Morgan fingerprint density at radius 2 is 1.58 bits per heavy atom. The van der Waals surface area contributed by atoms with E-state index in [2.05, 4.69) is 10.6 Å². The van der Waals surface area contributed by atoms with E-state index in [0.717, 1.165) is 16.8 Å². The SMILES string of the molecule is CCOc1ccccc1NC(=O)c1ccc(OCC(=O)Nc2ccc(C)cc2C)cc1. The van der Waals surface area contributed by atoms with E-state index in [1.54, 1.807) is 36.4 Å². The maximum atomic E-state index is 12.5. The normalized spacial score (nSPS) is 10.3. The number of aryl methyl sites for hydroxylation is 2. The Bertz CT molecular complexity index is 1060. The lowest BCUT2D eigenvalue weighted by Gasteiger charge is -2.12. The number of para-hydroxylation sites is 2. The van der Waals surface area contributed by atoms with Crippen LogP contribution in [-0.2, 0) is 4.79 Å². The van der Waals surface area contributed by atoms with Gasteiger partial charge in [-0.2, -0.15) is 0 Å². The van der Waals surface area contributed by atoms with E-state index in [4.69, 9.17) is 9.47 Å². The molecule has 0 fully saturated rings.